The molecule has 0 fully saturated rings. The van der Waals surface area contributed by atoms with E-state index in [0.717, 1.165) is 11.3 Å². The lowest BCUT2D eigenvalue weighted by Gasteiger charge is -2.43. The number of anilines is 2. The number of carbonyl (C=O) groups is 2. The Kier molecular flexibility index (Phi) is 5.36. The number of rotatable bonds is 3. The van der Waals surface area contributed by atoms with Gasteiger partial charge in [0.1, 0.15) is 5.82 Å². The van der Waals surface area contributed by atoms with Crippen molar-refractivity contribution in [1.29, 1.82) is 0 Å². The fourth-order valence-electron chi connectivity index (χ4n) is 4.29. The van der Waals surface area contributed by atoms with Crippen molar-refractivity contribution < 1.29 is 14.0 Å². The second kappa shape index (κ2) is 8.11. The Hall–Kier alpha value is -3.47. The van der Waals surface area contributed by atoms with Gasteiger partial charge in [-0.05, 0) is 49.2 Å². The Morgan fingerprint density at radius 2 is 1.57 bits per heavy atom. The monoisotopic (exact) mass is 402 g/mol. The van der Waals surface area contributed by atoms with Gasteiger partial charge in [0.2, 0.25) is 5.91 Å². The summed E-state index contributed by atoms with van der Waals surface area (Å²) in [5.41, 5.74) is 2.31. The van der Waals surface area contributed by atoms with Gasteiger partial charge in [-0.3, -0.25) is 14.5 Å². The zero-order chi connectivity index (χ0) is 21.3. The Labute approximate surface area is 175 Å². The summed E-state index contributed by atoms with van der Waals surface area (Å²) in [5, 5.41) is 0. The minimum absolute atomic E-state index is 0.0553. The van der Waals surface area contributed by atoms with Gasteiger partial charge in [-0.2, -0.15) is 0 Å². The van der Waals surface area contributed by atoms with Crippen molar-refractivity contribution in [3.05, 3.63) is 95.8 Å². The SMILES string of the molecule is CC(=O)N1c2ccccc2[C@@H](N(C(=O)c2ccccc2)c2ccccc2F)C[C@@H]1C. The van der Waals surface area contributed by atoms with Gasteiger partial charge in [0, 0.05) is 24.2 Å². The van der Waals surface area contributed by atoms with E-state index in [2.05, 4.69) is 0 Å². The smallest absolute Gasteiger partial charge is 0.258 e. The van der Waals surface area contributed by atoms with Gasteiger partial charge >= 0.3 is 0 Å². The highest BCUT2D eigenvalue weighted by Gasteiger charge is 2.38. The average Bonchev–Trinajstić information content (AvgIpc) is 2.75. The summed E-state index contributed by atoms with van der Waals surface area (Å²) >= 11 is 0. The second-order valence-corrected chi connectivity index (χ2v) is 7.54. The highest BCUT2D eigenvalue weighted by Crippen LogP contribution is 2.43. The molecular weight excluding hydrogens is 379 g/mol. The van der Waals surface area contributed by atoms with Crippen LogP contribution in [0.3, 0.4) is 0 Å². The van der Waals surface area contributed by atoms with E-state index < -0.39 is 11.9 Å². The molecule has 30 heavy (non-hydrogen) atoms. The van der Waals surface area contributed by atoms with E-state index in [1.54, 1.807) is 47.4 Å². The number of fused-ring (bicyclic) bond motifs is 1. The molecule has 0 spiro atoms. The maximum atomic E-state index is 14.9. The first-order valence-corrected chi connectivity index (χ1v) is 10.0. The van der Waals surface area contributed by atoms with Gasteiger partial charge in [-0.15, -0.1) is 0 Å². The molecule has 1 heterocycles. The Balaban J connectivity index is 1.89. The molecule has 2 atom stereocenters. The molecule has 1 aliphatic rings. The van der Waals surface area contributed by atoms with Crippen LogP contribution in [0.5, 0.6) is 0 Å². The standard InChI is InChI=1S/C25H23FN2O2/c1-17-16-24(20-12-6-8-14-22(20)27(17)18(2)29)28(23-15-9-7-13-21(23)26)25(30)19-10-4-3-5-11-19/h3-15,17,24H,16H2,1-2H3/t17-,24-/m0/s1. The third-order valence-corrected chi connectivity index (χ3v) is 5.56. The Morgan fingerprint density at radius 1 is 0.933 bits per heavy atom. The van der Waals surface area contributed by atoms with Crippen molar-refractivity contribution >= 4 is 23.2 Å². The molecule has 0 unspecified atom stereocenters. The maximum Gasteiger partial charge on any atom is 0.258 e. The number of hydrogen-bond acceptors (Lipinski definition) is 2. The predicted octanol–water partition coefficient (Wildman–Crippen LogP) is 5.36. The molecule has 0 saturated heterocycles. The lowest BCUT2D eigenvalue weighted by molar-refractivity contribution is -0.117. The van der Waals surface area contributed by atoms with Gasteiger partial charge in [0.25, 0.3) is 5.91 Å². The van der Waals surface area contributed by atoms with Crippen LogP contribution in [0.25, 0.3) is 0 Å². The second-order valence-electron chi connectivity index (χ2n) is 7.54. The fourth-order valence-corrected chi connectivity index (χ4v) is 4.29. The number of nitrogens with zero attached hydrogens (tertiary/aromatic N) is 2. The molecule has 4 rings (SSSR count). The van der Waals surface area contributed by atoms with Crippen molar-refractivity contribution in [3.63, 3.8) is 0 Å². The van der Waals surface area contributed by atoms with Gasteiger partial charge in [0.05, 0.1) is 11.7 Å². The molecule has 0 radical (unpaired) electrons. The van der Waals surface area contributed by atoms with Crippen LogP contribution >= 0.6 is 0 Å². The number of benzene rings is 3. The summed E-state index contributed by atoms with van der Waals surface area (Å²) in [4.78, 5) is 29.2. The average molecular weight is 402 g/mol. The van der Waals surface area contributed by atoms with Crippen molar-refractivity contribution in [3.8, 4) is 0 Å². The van der Waals surface area contributed by atoms with Crippen molar-refractivity contribution in [2.45, 2.75) is 32.4 Å². The van der Waals surface area contributed by atoms with Crippen LogP contribution in [0.2, 0.25) is 0 Å². The molecule has 3 aromatic rings. The molecule has 2 amide bonds. The molecule has 0 aliphatic carbocycles. The van der Waals surface area contributed by atoms with Crippen LogP contribution in [-0.4, -0.2) is 17.9 Å². The van der Waals surface area contributed by atoms with E-state index in [1.165, 1.54) is 17.9 Å². The van der Waals surface area contributed by atoms with E-state index in [9.17, 15) is 14.0 Å². The molecule has 4 nitrogen and oxygen atoms in total. The molecular formula is C25H23FN2O2. The van der Waals surface area contributed by atoms with Crippen molar-refractivity contribution in [2.75, 3.05) is 9.80 Å². The zero-order valence-corrected chi connectivity index (χ0v) is 17.0. The van der Waals surface area contributed by atoms with Crippen LogP contribution < -0.4 is 9.80 Å². The molecule has 0 N–H and O–H groups in total. The fraction of sp³-hybridized carbons (Fsp3) is 0.200. The summed E-state index contributed by atoms with van der Waals surface area (Å²) in [6, 6.07) is 22.2. The van der Waals surface area contributed by atoms with E-state index in [1.807, 2.05) is 37.3 Å². The van der Waals surface area contributed by atoms with E-state index in [-0.39, 0.29) is 23.5 Å². The highest BCUT2D eigenvalue weighted by molar-refractivity contribution is 6.07. The van der Waals surface area contributed by atoms with Gasteiger partial charge in [-0.1, -0.05) is 48.5 Å². The van der Waals surface area contributed by atoms with E-state index in [0.29, 0.717) is 12.0 Å². The first-order chi connectivity index (χ1) is 14.5. The zero-order valence-electron chi connectivity index (χ0n) is 17.0. The van der Waals surface area contributed by atoms with Crippen molar-refractivity contribution in [2.24, 2.45) is 0 Å². The minimum Gasteiger partial charge on any atom is -0.309 e. The number of hydrogen-bond donors (Lipinski definition) is 0. The summed E-state index contributed by atoms with van der Waals surface area (Å²) in [5.74, 6) is -0.787. The normalized spacial score (nSPS) is 17.9. The molecule has 0 saturated carbocycles. The van der Waals surface area contributed by atoms with Crippen LogP contribution in [0.4, 0.5) is 15.8 Å². The minimum atomic E-state index is -0.457. The van der Waals surface area contributed by atoms with Crippen molar-refractivity contribution in [1.82, 2.24) is 0 Å². The van der Waals surface area contributed by atoms with Gasteiger partial charge in [0.15, 0.2) is 0 Å². The molecule has 5 heteroatoms. The number of amides is 2. The number of para-hydroxylation sites is 2. The summed E-state index contributed by atoms with van der Waals surface area (Å²) in [6.45, 7) is 3.49. The third kappa shape index (κ3) is 3.47. The van der Waals surface area contributed by atoms with E-state index >= 15 is 0 Å². The number of carbonyl (C=O) groups excluding carboxylic acids is 2. The van der Waals surface area contributed by atoms with Gasteiger partial charge < -0.3 is 4.90 Å². The van der Waals surface area contributed by atoms with Crippen LogP contribution in [0.15, 0.2) is 78.9 Å². The molecule has 0 bridgehead atoms. The lowest BCUT2D eigenvalue weighted by Crippen LogP contribution is -2.47. The quantitative estimate of drug-likeness (QED) is 0.592. The van der Waals surface area contributed by atoms with Gasteiger partial charge in [-0.25, -0.2) is 4.39 Å². The Morgan fingerprint density at radius 3 is 2.27 bits per heavy atom. The summed E-state index contributed by atoms with van der Waals surface area (Å²) in [7, 11) is 0. The van der Waals surface area contributed by atoms with Crippen LogP contribution in [-0.2, 0) is 4.79 Å². The Bertz CT molecular complexity index is 1080. The number of halogens is 1. The first kappa shape index (κ1) is 19.8. The first-order valence-electron chi connectivity index (χ1n) is 10.0. The molecule has 152 valence electrons. The highest BCUT2D eigenvalue weighted by atomic mass is 19.1. The third-order valence-electron chi connectivity index (χ3n) is 5.56. The maximum absolute atomic E-state index is 14.9. The lowest BCUT2D eigenvalue weighted by atomic mass is 9.89. The molecule has 3 aromatic carbocycles. The topological polar surface area (TPSA) is 40.6 Å². The predicted molar refractivity (Wildman–Crippen MR) is 116 cm³/mol. The van der Waals surface area contributed by atoms with E-state index in [4.69, 9.17) is 0 Å². The largest absolute Gasteiger partial charge is 0.309 e. The van der Waals surface area contributed by atoms with Crippen LogP contribution in [0, 0.1) is 5.82 Å². The van der Waals surface area contributed by atoms with Crippen LogP contribution in [0.1, 0.15) is 42.2 Å². The molecule has 0 aromatic heterocycles. The summed E-state index contributed by atoms with van der Waals surface area (Å²) < 4.78 is 14.9. The summed E-state index contributed by atoms with van der Waals surface area (Å²) in [6.07, 6.45) is 0.503. The molecule has 1 aliphatic heterocycles.